The maximum atomic E-state index is 14.3. The Balaban J connectivity index is 2.57. The van der Waals surface area contributed by atoms with Crippen molar-refractivity contribution in [2.24, 2.45) is 0 Å². The molecule has 3 aromatic carbocycles. The van der Waals surface area contributed by atoms with E-state index in [1.807, 2.05) is 0 Å². The van der Waals surface area contributed by atoms with Crippen LogP contribution in [0.25, 0.3) is 0 Å². The molecule has 0 bridgehead atoms. The lowest BCUT2D eigenvalue weighted by Crippen LogP contribution is -2.58. The summed E-state index contributed by atoms with van der Waals surface area (Å²) in [5.41, 5.74) is -10.7. The lowest BCUT2D eigenvalue weighted by Gasteiger charge is -2.26. The summed E-state index contributed by atoms with van der Waals surface area (Å²) in [6.07, 6.45) is -16.7. The zero-order chi connectivity index (χ0) is 25.6. The molecule has 0 saturated carbocycles. The number of alkyl halides is 9. The average Bonchev–Trinajstić information content (AvgIpc) is 2.65. The Morgan fingerprint density at radius 2 is 0.647 bits per heavy atom. The fourth-order valence-corrected chi connectivity index (χ4v) is 3.74. The molecule has 0 fully saturated rings. The van der Waals surface area contributed by atoms with Crippen LogP contribution in [0.4, 0.5) is 52.7 Å². The molecule has 13 heteroatoms. The molecule has 0 unspecified atom stereocenters. The number of benzene rings is 3. The summed E-state index contributed by atoms with van der Waals surface area (Å²) < 4.78 is 166. The third-order valence-corrected chi connectivity index (χ3v) is 4.92. The summed E-state index contributed by atoms with van der Waals surface area (Å²) in [6, 6.07) is 4.15. The normalized spacial score (nSPS) is 12.7. The molecule has 0 aliphatic carbocycles. The third-order valence-electron chi connectivity index (χ3n) is 4.92. The van der Waals surface area contributed by atoms with E-state index in [4.69, 9.17) is 0 Å². The van der Waals surface area contributed by atoms with Crippen molar-refractivity contribution in [1.82, 2.24) is 0 Å². The van der Waals surface area contributed by atoms with Gasteiger partial charge in [0.25, 0.3) is 0 Å². The maximum absolute atomic E-state index is 14.3. The van der Waals surface area contributed by atoms with Gasteiger partial charge in [-0.15, -0.1) is 0 Å². The summed E-state index contributed by atoms with van der Waals surface area (Å²) in [5.74, 6) is -5.99. The smallest absolute Gasteiger partial charge is 0.206 e. The van der Waals surface area contributed by atoms with Crippen molar-refractivity contribution in [1.29, 1.82) is 0 Å². The minimum Gasteiger partial charge on any atom is -0.206 e. The van der Waals surface area contributed by atoms with Crippen molar-refractivity contribution in [2.45, 2.75) is 18.5 Å². The highest BCUT2D eigenvalue weighted by Crippen LogP contribution is 2.35. The largest absolute Gasteiger partial charge is 0.418 e. The van der Waals surface area contributed by atoms with E-state index in [0.29, 0.717) is 54.6 Å². The summed E-state index contributed by atoms with van der Waals surface area (Å²) in [7, 11) is 0. The first-order valence-electron chi connectivity index (χ1n) is 9.12. The van der Waals surface area contributed by atoms with Crippen molar-refractivity contribution in [3.05, 3.63) is 88.7 Å². The second-order valence-corrected chi connectivity index (χ2v) is 7.04. The number of hydrogen-bond acceptors (Lipinski definition) is 0. The second kappa shape index (κ2) is 8.59. The van der Waals surface area contributed by atoms with Gasteiger partial charge in [0, 0.05) is 0 Å². The summed E-state index contributed by atoms with van der Waals surface area (Å²) in [4.78, 5) is 0. The standard InChI is InChI=1S/C21H9BF12/c23-13-7-1-4-10(16(13)19(26,27)28)22(11-5-2-8-14(24)17(11)20(29,30)31)12-6-3-9-15(25)18(12)21(32,33)34/h1-9H. The van der Waals surface area contributed by atoms with Crippen LogP contribution in [0.3, 0.4) is 0 Å². The van der Waals surface area contributed by atoms with Crippen LogP contribution in [-0.2, 0) is 18.5 Å². The van der Waals surface area contributed by atoms with Crippen molar-refractivity contribution < 1.29 is 52.7 Å². The maximum Gasteiger partial charge on any atom is 0.418 e. The Labute approximate surface area is 183 Å². The predicted molar refractivity (Wildman–Crippen MR) is 98.9 cm³/mol. The van der Waals surface area contributed by atoms with E-state index < -0.39 is 75.8 Å². The van der Waals surface area contributed by atoms with Crippen LogP contribution in [0.5, 0.6) is 0 Å². The van der Waals surface area contributed by atoms with Gasteiger partial charge in [0.2, 0.25) is 6.71 Å². The van der Waals surface area contributed by atoms with Crippen LogP contribution in [0.1, 0.15) is 16.7 Å². The van der Waals surface area contributed by atoms with Gasteiger partial charge in [-0.25, -0.2) is 13.2 Å². The molecular formula is C21H9BF12. The van der Waals surface area contributed by atoms with Crippen LogP contribution in [0.2, 0.25) is 0 Å². The van der Waals surface area contributed by atoms with E-state index >= 15 is 0 Å². The Morgan fingerprint density at radius 3 is 0.853 bits per heavy atom. The second-order valence-electron chi connectivity index (χ2n) is 7.04. The van der Waals surface area contributed by atoms with Crippen LogP contribution in [0.15, 0.2) is 54.6 Å². The van der Waals surface area contributed by atoms with Crippen LogP contribution in [0, 0.1) is 17.5 Å². The Hall–Kier alpha value is -3.12. The fraction of sp³-hybridized carbons (Fsp3) is 0.143. The van der Waals surface area contributed by atoms with Crippen LogP contribution < -0.4 is 16.4 Å². The first-order chi connectivity index (χ1) is 15.5. The van der Waals surface area contributed by atoms with Gasteiger partial charge in [-0.3, -0.25) is 0 Å². The minimum absolute atomic E-state index is 0.301. The topological polar surface area (TPSA) is 0 Å². The van der Waals surface area contributed by atoms with E-state index in [1.165, 1.54) is 0 Å². The molecule has 0 saturated heterocycles. The molecule has 0 aromatic heterocycles. The van der Waals surface area contributed by atoms with E-state index in [9.17, 15) is 52.7 Å². The molecule has 3 rings (SSSR count). The van der Waals surface area contributed by atoms with E-state index in [2.05, 4.69) is 0 Å². The van der Waals surface area contributed by atoms with Gasteiger partial charge < -0.3 is 0 Å². The van der Waals surface area contributed by atoms with Gasteiger partial charge in [0.15, 0.2) is 0 Å². The zero-order valence-electron chi connectivity index (χ0n) is 16.3. The molecule has 34 heavy (non-hydrogen) atoms. The van der Waals surface area contributed by atoms with Gasteiger partial charge >= 0.3 is 18.5 Å². The number of halogens is 12. The first-order valence-corrected chi connectivity index (χ1v) is 9.12. The molecule has 0 aliphatic heterocycles. The molecule has 0 nitrogen and oxygen atoms in total. The molecule has 0 radical (unpaired) electrons. The Bertz CT molecular complexity index is 1060. The summed E-state index contributed by atoms with van der Waals surface area (Å²) in [5, 5.41) is 0. The van der Waals surface area contributed by atoms with Crippen molar-refractivity contribution in [2.75, 3.05) is 0 Å². The highest BCUT2D eigenvalue weighted by atomic mass is 19.4. The van der Waals surface area contributed by atoms with Crippen LogP contribution in [-0.4, -0.2) is 6.71 Å². The van der Waals surface area contributed by atoms with Crippen molar-refractivity contribution in [3.8, 4) is 0 Å². The summed E-state index contributed by atoms with van der Waals surface area (Å²) in [6.45, 7) is -2.70. The number of rotatable bonds is 3. The predicted octanol–water partition coefficient (Wildman–Crippen LogP) is 5.68. The summed E-state index contributed by atoms with van der Waals surface area (Å²) >= 11 is 0. The van der Waals surface area contributed by atoms with E-state index in [-0.39, 0.29) is 0 Å². The molecule has 0 heterocycles. The molecule has 0 N–H and O–H groups in total. The molecule has 0 atom stereocenters. The Kier molecular flexibility index (Phi) is 6.44. The van der Waals surface area contributed by atoms with Crippen LogP contribution >= 0.6 is 0 Å². The molecule has 0 amide bonds. The monoisotopic (exact) mass is 500 g/mol. The van der Waals surface area contributed by atoms with Gasteiger partial charge in [0.1, 0.15) is 17.5 Å². The highest BCUT2D eigenvalue weighted by Gasteiger charge is 2.47. The average molecular weight is 500 g/mol. The van der Waals surface area contributed by atoms with Gasteiger partial charge in [0.05, 0.1) is 16.7 Å². The molecule has 0 spiro atoms. The number of hydrogen-bond donors (Lipinski definition) is 0. The lowest BCUT2D eigenvalue weighted by atomic mass is 9.34. The van der Waals surface area contributed by atoms with E-state index in [1.54, 1.807) is 0 Å². The van der Waals surface area contributed by atoms with Crippen molar-refractivity contribution in [3.63, 3.8) is 0 Å². The van der Waals surface area contributed by atoms with Gasteiger partial charge in [-0.05, 0) is 18.2 Å². The first kappa shape index (κ1) is 25.5. The fourth-order valence-electron chi connectivity index (χ4n) is 3.74. The third kappa shape index (κ3) is 4.73. The van der Waals surface area contributed by atoms with Gasteiger partial charge in [-0.2, -0.15) is 39.5 Å². The SMILES string of the molecule is Fc1cccc(B(c2cccc(F)c2C(F)(F)F)c2cccc(F)c2C(F)(F)F)c1C(F)(F)F. The van der Waals surface area contributed by atoms with E-state index in [0.717, 1.165) is 0 Å². The Morgan fingerprint density at radius 1 is 0.412 bits per heavy atom. The minimum atomic E-state index is -5.57. The molecular weight excluding hydrogens is 491 g/mol. The highest BCUT2D eigenvalue weighted by molar-refractivity contribution is 6.96. The molecule has 180 valence electrons. The zero-order valence-corrected chi connectivity index (χ0v) is 16.3. The van der Waals surface area contributed by atoms with Gasteiger partial charge in [-0.1, -0.05) is 52.8 Å². The molecule has 3 aromatic rings. The molecule has 0 aliphatic rings. The lowest BCUT2D eigenvalue weighted by molar-refractivity contribution is -0.139. The quantitative estimate of drug-likeness (QED) is 0.321. The van der Waals surface area contributed by atoms with Crippen molar-refractivity contribution >= 4 is 23.1 Å².